The molecule has 0 saturated carbocycles. The maximum Gasteiger partial charge on any atom is 0.338 e. The van der Waals surface area contributed by atoms with Crippen molar-refractivity contribution in [2.45, 2.75) is 26.7 Å². The number of carbonyl (C=O) groups is 1. The zero-order valence-electron chi connectivity index (χ0n) is 16.0. The van der Waals surface area contributed by atoms with E-state index in [9.17, 15) is 9.90 Å². The molecule has 0 radical (unpaired) electrons. The number of aryl methyl sites for hydroxylation is 1. The molecule has 144 valence electrons. The van der Waals surface area contributed by atoms with Crippen LogP contribution in [-0.4, -0.2) is 23.9 Å². The van der Waals surface area contributed by atoms with Gasteiger partial charge in [-0.3, -0.25) is 0 Å². The molecule has 5 heteroatoms. The van der Waals surface area contributed by atoms with Crippen LogP contribution in [0.25, 0.3) is 11.3 Å². The summed E-state index contributed by atoms with van der Waals surface area (Å²) in [4.78, 5) is 16.2. The van der Waals surface area contributed by atoms with Gasteiger partial charge in [-0.15, -0.1) is 0 Å². The van der Waals surface area contributed by atoms with E-state index in [1.807, 2.05) is 31.2 Å². The Morgan fingerprint density at radius 1 is 1.14 bits per heavy atom. The van der Waals surface area contributed by atoms with Gasteiger partial charge in [0.15, 0.2) is 0 Å². The second-order valence-electron chi connectivity index (χ2n) is 6.52. The topological polar surface area (TPSA) is 72.0 Å². The van der Waals surface area contributed by atoms with Crippen molar-refractivity contribution in [1.82, 2.24) is 0 Å². The average molecular weight is 377 g/mol. The number of aromatic hydroxyl groups is 1. The van der Waals surface area contributed by atoms with Crippen LogP contribution in [0.5, 0.6) is 5.75 Å². The number of hydrogen-bond acceptors (Lipinski definition) is 5. The van der Waals surface area contributed by atoms with Gasteiger partial charge in [-0.05, 0) is 55.3 Å². The zero-order valence-corrected chi connectivity index (χ0v) is 16.0. The first-order valence-electron chi connectivity index (χ1n) is 9.28. The number of unbranched alkanes of at least 4 members (excludes halogenated alkanes) is 1. The number of phenols is 1. The third kappa shape index (κ3) is 4.88. The molecule has 0 fully saturated rings. The van der Waals surface area contributed by atoms with Crippen LogP contribution in [0.3, 0.4) is 0 Å². The number of benzene rings is 2. The van der Waals surface area contributed by atoms with Gasteiger partial charge in [0.2, 0.25) is 0 Å². The highest BCUT2D eigenvalue weighted by Crippen LogP contribution is 2.27. The molecule has 1 N–H and O–H groups in total. The quantitative estimate of drug-likeness (QED) is 0.327. The Balaban J connectivity index is 1.68. The van der Waals surface area contributed by atoms with Crippen LogP contribution in [0.15, 0.2) is 64.0 Å². The lowest BCUT2D eigenvalue weighted by Gasteiger charge is -2.04. The first-order valence-corrected chi connectivity index (χ1v) is 9.28. The molecule has 0 amide bonds. The van der Waals surface area contributed by atoms with Gasteiger partial charge in [0, 0.05) is 5.56 Å². The predicted octanol–water partition coefficient (Wildman–Crippen LogP) is 5.67. The summed E-state index contributed by atoms with van der Waals surface area (Å²) in [6.45, 7) is 4.39. The van der Waals surface area contributed by atoms with Crippen molar-refractivity contribution in [3.8, 4) is 17.1 Å². The van der Waals surface area contributed by atoms with Gasteiger partial charge >= 0.3 is 5.97 Å². The van der Waals surface area contributed by atoms with Crippen molar-refractivity contribution in [2.75, 3.05) is 6.61 Å². The summed E-state index contributed by atoms with van der Waals surface area (Å²) < 4.78 is 11.0. The minimum absolute atomic E-state index is 0.129. The maximum absolute atomic E-state index is 12.0. The third-order valence-corrected chi connectivity index (χ3v) is 4.22. The Morgan fingerprint density at radius 2 is 1.93 bits per heavy atom. The first kappa shape index (κ1) is 19.4. The minimum atomic E-state index is -0.315. The van der Waals surface area contributed by atoms with Gasteiger partial charge in [-0.2, -0.15) is 0 Å². The van der Waals surface area contributed by atoms with Crippen LogP contribution in [0.1, 0.15) is 41.4 Å². The van der Waals surface area contributed by atoms with Gasteiger partial charge in [0.05, 0.1) is 18.4 Å². The normalized spacial score (nSPS) is 11.1. The molecule has 0 spiro atoms. The Hall–Kier alpha value is -3.34. The first-order chi connectivity index (χ1) is 13.6. The Kier molecular flexibility index (Phi) is 6.27. The largest absolute Gasteiger partial charge is 0.506 e. The lowest BCUT2D eigenvalue weighted by atomic mass is 10.1. The van der Waals surface area contributed by atoms with E-state index in [1.165, 1.54) is 0 Å². The van der Waals surface area contributed by atoms with E-state index in [2.05, 4.69) is 11.9 Å². The molecule has 0 bridgehead atoms. The molecule has 0 aliphatic heterocycles. The number of phenolic OH excluding ortho intramolecular Hbond substituents is 1. The van der Waals surface area contributed by atoms with Crippen molar-refractivity contribution in [3.63, 3.8) is 0 Å². The number of furan rings is 1. The van der Waals surface area contributed by atoms with Crippen molar-refractivity contribution in [1.29, 1.82) is 0 Å². The molecule has 3 aromatic rings. The molecular formula is C23H23NO4. The molecule has 1 aromatic heterocycles. The molecule has 0 aliphatic carbocycles. The van der Waals surface area contributed by atoms with E-state index < -0.39 is 0 Å². The number of hydrogen-bond donors (Lipinski definition) is 1. The Bertz CT molecular complexity index is 971. The van der Waals surface area contributed by atoms with Gasteiger partial charge in [-0.1, -0.05) is 31.5 Å². The summed E-state index contributed by atoms with van der Waals surface area (Å²) in [7, 11) is 0. The van der Waals surface area contributed by atoms with E-state index in [0.717, 1.165) is 24.0 Å². The van der Waals surface area contributed by atoms with Crippen molar-refractivity contribution >= 4 is 17.9 Å². The smallest absolute Gasteiger partial charge is 0.338 e. The van der Waals surface area contributed by atoms with Crippen LogP contribution in [0.4, 0.5) is 5.69 Å². The number of rotatable bonds is 7. The SMILES string of the molecule is CCCCOC(=O)c1ccc(-c2ccc(C=Nc3ccc(C)cc3O)o2)cc1. The monoisotopic (exact) mass is 377 g/mol. The molecule has 3 rings (SSSR count). The molecule has 2 aromatic carbocycles. The number of aliphatic imine (C=N–C) groups is 1. The highest BCUT2D eigenvalue weighted by molar-refractivity contribution is 5.90. The van der Waals surface area contributed by atoms with Crippen LogP contribution < -0.4 is 0 Å². The van der Waals surface area contributed by atoms with E-state index >= 15 is 0 Å². The van der Waals surface area contributed by atoms with Crippen molar-refractivity contribution in [2.24, 2.45) is 4.99 Å². The standard InChI is InChI=1S/C23H23NO4/c1-3-4-13-27-23(26)18-8-6-17(7-9-18)22-12-10-19(28-22)15-24-20-11-5-16(2)14-21(20)25/h5-12,14-15,25H,3-4,13H2,1-2H3. The molecule has 5 nitrogen and oxygen atoms in total. The summed E-state index contributed by atoms with van der Waals surface area (Å²) >= 11 is 0. The summed E-state index contributed by atoms with van der Waals surface area (Å²) in [6, 6.07) is 16.0. The van der Waals surface area contributed by atoms with E-state index in [-0.39, 0.29) is 11.7 Å². The van der Waals surface area contributed by atoms with Gasteiger partial charge in [0.25, 0.3) is 0 Å². The fourth-order valence-corrected chi connectivity index (χ4v) is 2.62. The summed E-state index contributed by atoms with van der Waals surface area (Å²) in [5, 5.41) is 9.91. The van der Waals surface area contributed by atoms with E-state index in [4.69, 9.17) is 9.15 Å². The predicted molar refractivity (Wildman–Crippen MR) is 109 cm³/mol. The summed E-state index contributed by atoms with van der Waals surface area (Å²) in [5.41, 5.74) is 2.81. The molecule has 1 heterocycles. The Labute approximate surface area is 164 Å². The number of nitrogens with zero attached hydrogens (tertiary/aromatic N) is 1. The lowest BCUT2D eigenvalue weighted by molar-refractivity contribution is 0.0499. The van der Waals surface area contributed by atoms with E-state index in [0.29, 0.717) is 29.4 Å². The molecule has 0 aliphatic rings. The van der Waals surface area contributed by atoms with E-state index in [1.54, 1.807) is 36.5 Å². The molecule has 0 saturated heterocycles. The second kappa shape index (κ2) is 9.04. The fourth-order valence-electron chi connectivity index (χ4n) is 2.62. The van der Waals surface area contributed by atoms with Crippen molar-refractivity contribution in [3.05, 3.63) is 71.5 Å². The summed E-state index contributed by atoms with van der Waals surface area (Å²) in [6.07, 6.45) is 3.41. The number of esters is 1. The average Bonchev–Trinajstić information content (AvgIpc) is 3.16. The minimum Gasteiger partial charge on any atom is -0.506 e. The lowest BCUT2D eigenvalue weighted by Crippen LogP contribution is -2.05. The van der Waals surface area contributed by atoms with Gasteiger partial charge in [0.1, 0.15) is 23.0 Å². The molecule has 0 atom stereocenters. The molecular weight excluding hydrogens is 354 g/mol. The third-order valence-electron chi connectivity index (χ3n) is 4.22. The van der Waals surface area contributed by atoms with Gasteiger partial charge in [-0.25, -0.2) is 9.79 Å². The second-order valence-corrected chi connectivity index (χ2v) is 6.52. The highest BCUT2D eigenvalue weighted by Gasteiger charge is 2.09. The fraction of sp³-hybridized carbons (Fsp3) is 0.217. The zero-order chi connectivity index (χ0) is 19.9. The van der Waals surface area contributed by atoms with Gasteiger partial charge < -0.3 is 14.3 Å². The highest BCUT2D eigenvalue weighted by atomic mass is 16.5. The molecule has 0 unspecified atom stereocenters. The van der Waals surface area contributed by atoms with Crippen LogP contribution in [0.2, 0.25) is 0 Å². The van der Waals surface area contributed by atoms with Crippen LogP contribution in [-0.2, 0) is 4.74 Å². The Morgan fingerprint density at radius 3 is 2.64 bits per heavy atom. The number of carbonyl (C=O) groups excluding carboxylic acids is 1. The molecule has 28 heavy (non-hydrogen) atoms. The van der Waals surface area contributed by atoms with Crippen LogP contribution in [0, 0.1) is 6.92 Å². The van der Waals surface area contributed by atoms with Crippen molar-refractivity contribution < 1.29 is 19.1 Å². The number of ether oxygens (including phenoxy) is 1. The van der Waals surface area contributed by atoms with Crippen LogP contribution >= 0.6 is 0 Å². The maximum atomic E-state index is 12.0. The summed E-state index contributed by atoms with van der Waals surface area (Å²) in [5.74, 6) is 1.05.